The van der Waals surface area contributed by atoms with Crippen molar-refractivity contribution in [2.24, 2.45) is 0 Å². The molecule has 0 unspecified atom stereocenters. The Balaban J connectivity index is 1.68. The third kappa shape index (κ3) is 4.75. The highest BCUT2D eigenvalue weighted by atomic mass is 32.2. The van der Waals surface area contributed by atoms with Crippen molar-refractivity contribution < 1.29 is 17.9 Å². The van der Waals surface area contributed by atoms with Crippen LogP contribution in [0.15, 0.2) is 83.8 Å². The number of hydrogen-bond donors (Lipinski definition) is 0. The number of amides is 1. The molecule has 7 nitrogen and oxygen atoms in total. The summed E-state index contributed by atoms with van der Waals surface area (Å²) in [6, 6.07) is 22.5. The van der Waals surface area contributed by atoms with E-state index in [0.29, 0.717) is 17.4 Å². The highest BCUT2D eigenvalue weighted by Crippen LogP contribution is 2.30. The quantitative estimate of drug-likeness (QED) is 0.372. The Morgan fingerprint density at radius 1 is 1.00 bits per heavy atom. The van der Waals surface area contributed by atoms with Gasteiger partial charge in [-0.25, -0.2) is 13.4 Å². The fraction of sp³-hybridized carbons (Fsp3) is 0.167. The Labute approximate surface area is 196 Å². The minimum Gasteiger partial charge on any atom is -0.383 e. The fourth-order valence-electron chi connectivity index (χ4n) is 3.32. The van der Waals surface area contributed by atoms with E-state index in [1.54, 1.807) is 43.5 Å². The molecule has 0 N–H and O–H groups in total. The van der Waals surface area contributed by atoms with E-state index in [1.165, 1.54) is 39.7 Å². The van der Waals surface area contributed by atoms with Crippen LogP contribution in [0.25, 0.3) is 10.2 Å². The number of methoxy groups -OCH3 is 1. The van der Waals surface area contributed by atoms with Crippen LogP contribution in [0.4, 0.5) is 10.8 Å². The lowest BCUT2D eigenvalue weighted by Gasteiger charge is -2.21. The number of nitrogens with zero attached hydrogens (tertiary/aromatic N) is 3. The minimum absolute atomic E-state index is 0.0377. The van der Waals surface area contributed by atoms with Gasteiger partial charge in [0.2, 0.25) is 0 Å². The number of aromatic nitrogens is 1. The van der Waals surface area contributed by atoms with Gasteiger partial charge in [0.25, 0.3) is 15.9 Å². The second-order valence-corrected chi connectivity index (χ2v) is 10.2. The summed E-state index contributed by atoms with van der Waals surface area (Å²) in [6.07, 6.45) is 0. The van der Waals surface area contributed by atoms with Gasteiger partial charge in [0.15, 0.2) is 5.13 Å². The summed E-state index contributed by atoms with van der Waals surface area (Å²) in [4.78, 5) is 19.6. The number of thiazole rings is 1. The van der Waals surface area contributed by atoms with Crippen molar-refractivity contribution >= 4 is 48.3 Å². The van der Waals surface area contributed by atoms with Gasteiger partial charge in [-0.15, -0.1) is 0 Å². The van der Waals surface area contributed by atoms with Crippen LogP contribution in [-0.2, 0) is 14.8 Å². The number of ether oxygens (including phenoxy) is 1. The van der Waals surface area contributed by atoms with Gasteiger partial charge in [-0.1, -0.05) is 47.7 Å². The van der Waals surface area contributed by atoms with Crippen LogP contribution in [-0.4, -0.2) is 46.6 Å². The molecule has 0 spiro atoms. The number of benzene rings is 3. The molecule has 1 aromatic heterocycles. The molecule has 1 amide bonds. The third-order valence-corrected chi connectivity index (χ3v) is 7.98. The van der Waals surface area contributed by atoms with Gasteiger partial charge >= 0.3 is 0 Å². The first-order valence-electron chi connectivity index (χ1n) is 10.2. The standard InChI is InChI=1S/C24H23N3O4S2/c1-26(19-10-4-3-5-11-19)33(29,30)20-12-8-9-18(17-20)23(28)27(15-16-31-2)24-25-21-13-6-7-14-22(21)32-24/h3-14,17H,15-16H2,1-2H3. The Bertz CT molecular complexity index is 1340. The molecule has 4 aromatic rings. The van der Waals surface area contributed by atoms with Gasteiger partial charge in [-0.3, -0.25) is 14.0 Å². The van der Waals surface area contributed by atoms with Crippen LogP contribution in [0.2, 0.25) is 0 Å². The monoisotopic (exact) mass is 481 g/mol. The lowest BCUT2D eigenvalue weighted by molar-refractivity contribution is 0.0975. The summed E-state index contributed by atoms with van der Waals surface area (Å²) < 4.78 is 33.8. The summed E-state index contributed by atoms with van der Waals surface area (Å²) in [5.74, 6) is -0.342. The first kappa shape index (κ1) is 22.9. The molecule has 0 saturated heterocycles. The van der Waals surface area contributed by atoms with Crippen molar-refractivity contribution in [2.75, 3.05) is 36.5 Å². The Morgan fingerprint density at radius 2 is 1.73 bits per heavy atom. The molecule has 0 aliphatic carbocycles. The van der Waals surface area contributed by atoms with E-state index in [2.05, 4.69) is 4.98 Å². The van der Waals surface area contributed by atoms with Crippen molar-refractivity contribution in [3.8, 4) is 0 Å². The number of fused-ring (bicyclic) bond motifs is 1. The molecule has 0 aliphatic heterocycles. The molecule has 0 atom stereocenters. The number of sulfonamides is 1. The molecule has 33 heavy (non-hydrogen) atoms. The Morgan fingerprint density at radius 3 is 2.45 bits per heavy atom. The molecular formula is C24H23N3O4S2. The van der Waals surface area contributed by atoms with E-state index in [9.17, 15) is 13.2 Å². The third-order valence-electron chi connectivity index (χ3n) is 5.14. The Hall–Kier alpha value is -3.27. The normalized spacial score (nSPS) is 11.5. The number of rotatable bonds is 8. The second kappa shape index (κ2) is 9.70. The summed E-state index contributed by atoms with van der Waals surface area (Å²) in [5, 5.41) is 0.535. The summed E-state index contributed by atoms with van der Waals surface area (Å²) in [7, 11) is -0.797. The first-order chi connectivity index (χ1) is 15.9. The van der Waals surface area contributed by atoms with Gasteiger partial charge in [0, 0.05) is 19.7 Å². The van der Waals surface area contributed by atoms with Gasteiger partial charge in [0.1, 0.15) is 0 Å². The number of carbonyl (C=O) groups is 1. The van der Waals surface area contributed by atoms with E-state index in [-0.39, 0.29) is 22.9 Å². The van der Waals surface area contributed by atoms with Crippen molar-refractivity contribution in [1.82, 2.24) is 4.98 Å². The van der Waals surface area contributed by atoms with Crippen LogP contribution >= 0.6 is 11.3 Å². The summed E-state index contributed by atoms with van der Waals surface area (Å²) in [6.45, 7) is 0.604. The summed E-state index contributed by atoms with van der Waals surface area (Å²) in [5.41, 5.74) is 1.59. The molecule has 4 rings (SSSR count). The van der Waals surface area contributed by atoms with E-state index >= 15 is 0 Å². The molecule has 0 fully saturated rings. The highest BCUT2D eigenvalue weighted by Gasteiger charge is 2.25. The van der Waals surface area contributed by atoms with E-state index in [1.807, 2.05) is 30.3 Å². The maximum absolute atomic E-state index is 13.5. The number of para-hydroxylation sites is 2. The molecule has 170 valence electrons. The average molecular weight is 482 g/mol. The fourth-order valence-corrected chi connectivity index (χ4v) is 5.55. The predicted molar refractivity (Wildman–Crippen MR) is 132 cm³/mol. The first-order valence-corrected chi connectivity index (χ1v) is 12.5. The Kier molecular flexibility index (Phi) is 6.73. The van der Waals surface area contributed by atoms with Gasteiger partial charge in [-0.05, 0) is 42.5 Å². The minimum atomic E-state index is -3.85. The second-order valence-electron chi connectivity index (χ2n) is 7.25. The SMILES string of the molecule is COCCN(C(=O)c1cccc(S(=O)(=O)N(C)c2ccccc2)c1)c1nc2ccccc2s1. The van der Waals surface area contributed by atoms with E-state index in [0.717, 1.165) is 10.2 Å². The van der Waals surface area contributed by atoms with Crippen LogP contribution in [0.5, 0.6) is 0 Å². The van der Waals surface area contributed by atoms with Crippen molar-refractivity contribution in [3.63, 3.8) is 0 Å². The van der Waals surface area contributed by atoms with Crippen LogP contribution in [0.3, 0.4) is 0 Å². The van der Waals surface area contributed by atoms with E-state index in [4.69, 9.17) is 4.74 Å². The molecule has 0 bridgehead atoms. The zero-order valence-corrected chi connectivity index (χ0v) is 19.8. The molecule has 0 saturated carbocycles. The van der Waals surface area contributed by atoms with Crippen LogP contribution < -0.4 is 9.21 Å². The smallest absolute Gasteiger partial charge is 0.264 e. The number of hydrogen-bond acceptors (Lipinski definition) is 6. The lowest BCUT2D eigenvalue weighted by Crippen LogP contribution is -2.34. The van der Waals surface area contributed by atoms with Crippen LogP contribution in [0, 0.1) is 0 Å². The molecule has 1 heterocycles. The molecular weight excluding hydrogens is 458 g/mol. The molecule has 9 heteroatoms. The predicted octanol–water partition coefficient (Wildman–Crippen LogP) is 4.41. The number of anilines is 2. The van der Waals surface area contributed by atoms with Crippen molar-refractivity contribution in [1.29, 1.82) is 0 Å². The lowest BCUT2D eigenvalue weighted by atomic mass is 10.2. The summed E-state index contributed by atoms with van der Waals surface area (Å²) >= 11 is 1.40. The molecule has 0 radical (unpaired) electrons. The van der Waals surface area contributed by atoms with Crippen molar-refractivity contribution in [2.45, 2.75) is 4.90 Å². The van der Waals surface area contributed by atoms with Crippen LogP contribution in [0.1, 0.15) is 10.4 Å². The number of carbonyl (C=O) groups excluding carboxylic acids is 1. The topological polar surface area (TPSA) is 79.8 Å². The highest BCUT2D eigenvalue weighted by molar-refractivity contribution is 7.92. The zero-order valence-electron chi connectivity index (χ0n) is 18.2. The largest absolute Gasteiger partial charge is 0.383 e. The van der Waals surface area contributed by atoms with E-state index < -0.39 is 10.0 Å². The maximum Gasteiger partial charge on any atom is 0.264 e. The molecule has 0 aliphatic rings. The van der Waals surface area contributed by atoms with Crippen molar-refractivity contribution in [3.05, 3.63) is 84.4 Å². The zero-order chi connectivity index (χ0) is 23.4. The van der Waals surface area contributed by atoms with Gasteiger partial charge in [-0.2, -0.15) is 0 Å². The molecule has 3 aromatic carbocycles. The van der Waals surface area contributed by atoms with Gasteiger partial charge in [0.05, 0.1) is 34.0 Å². The van der Waals surface area contributed by atoms with Gasteiger partial charge < -0.3 is 4.74 Å². The maximum atomic E-state index is 13.5. The average Bonchev–Trinajstić information content (AvgIpc) is 3.28.